The predicted molar refractivity (Wildman–Crippen MR) is 47.5 cm³/mol. The first-order valence-electron chi connectivity index (χ1n) is 4.20. The highest BCUT2D eigenvalue weighted by Crippen LogP contribution is 2.33. The molecule has 3 nitrogen and oxygen atoms in total. The van der Waals surface area contributed by atoms with E-state index in [-0.39, 0.29) is 6.07 Å². The van der Waals surface area contributed by atoms with Gasteiger partial charge < -0.3 is 4.74 Å². The number of hydrogen-bond acceptors (Lipinski definition) is 3. The zero-order chi connectivity index (χ0) is 13.2. The van der Waals surface area contributed by atoms with Gasteiger partial charge in [0.15, 0.2) is 0 Å². The van der Waals surface area contributed by atoms with Crippen molar-refractivity contribution in [1.82, 2.24) is 0 Å². The fourth-order valence-electron chi connectivity index (χ4n) is 1.16. The number of methoxy groups -OCH3 is 1. The maximum Gasteiger partial charge on any atom is 0.419 e. The van der Waals surface area contributed by atoms with E-state index in [1.807, 2.05) is 0 Å². The molecule has 0 spiro atoms. The minimum absolute atomic E-state index is 0.264. The number of alkyl halides is 3. The van der Waals surface area contributed by atoms with Gasteiger partial charge in [0.25, 0.3) is 0 Å². The third-order valence-corrected chi connectivity index (χ3v) is 1.94. The van der Waals surface area contributed by atoms with Gasteiger partial charge in [0, 0.05) is 0 Å². The van der Waals surface area contributed by atoms with Crippen LogP contribution in [0.4, 0.5) is 17.6 Å². The van der Waals surface area contributed by atoms with Crippen molar-refractivity contribution in [3.63, 3.8) is 0 Å². The van der Waals surface area contributed by atoms with Crippen LogP contribution in [-0.2, 0) is 10.9 Å². The molecular formula is C10H5F4NO2. The van der Waals surface area contributed by atoms with Gasteiger partial charge in [0.1, 0.15) is 11.9 Å². The zero-order valence-electron chi connectivity index (χ0n) is 8.43. The van der Waals surface area contributed by atoms with Gasteiger partial charge in [-0.2, -0.15) is 18.4 Å². The minimum atomic E-state index is -4.94. The van der Waals surface area contributed by atoms with Crippen LogP contribution in [0.2, 0.25) is 0 Å². The average Bonchev–Trinajstić information content (AvgIpc) is 2.25. The van der Waals surface area contributed by atoms with Crippen LogP contribution in [0.25, 0.3) is 0 Å². The molecule has 0 amide bonds. The molecule has 0 bridgehead atoms. The molecule has 0 saturated heterocycles. The predicted octanol–water partition coefficient (Wildman–Crippen LogP) is 2.50. The quantitative estimate of drug-likeness (QED) is 0.566. The molecule has 0 saturated carbocycles. The SMILES string of the molecule is COC(=O)c1cc(C(F)(F)F)c(F)cc1C#N. The largest absolute Gasteiger partial charge is 0.465 e. The van der Waals surface area contributed by atoms with E-state index in [0.29, 0.717) is 6.07 Å². The lowest BCUT2D eigenvalue weighted by Gasteiger charge is -2.10. The molecule has 0 aromatic heterocycles. The second-order valence-corrected chi connectivity index (χ2v) is 2.98. The molecule has 0 aliphatic rings. The van der Waals surface area contributed by atoms with Crippen LogP contribution in [0.15, 0.2) is 12.1 Å². The van der Waals surface area contributed by atoms with Gasteiger partial charge in [-0.25, -0.2) is 9.18 Å². The van der Waals surface area contributed by atoms with Gasteiger partial charge in [0.05, 0.1) is 23.8 Å². The minimum Gasteiger partial charge on any atom is -0.465 e. The van der Waals surface area contributed by atoms with Gasteiger partial charge in [0.2, 0.25) is 0 Å². The summed E-state index contributed by atoms with van der Waals surface area (Å²) in [4.78, 5) is 11.1. The summed E-state index contributed by atoms with van der Waals surface area (Å²) >= 11 is 0. The van der Waals surface area contributed by atoms with Crippen molar-refractivity contribution in [2.45, 2.75) is 6.18 Å². The number of carbonyl (C=O) groups is 1. The summed E-state index contributed by atoms with van der Waals surface area (Å²) in [6.07, 6.45) is -4.94. The van der Waals surface area contributed by atoms with Crippen molar-refractivity contribution < 1.29 is 27.1 Å². The lowest BCUT2D eigenvalue weighted by Crippen LogP contribution is -2.13. The maximum atomic E-state index is 13.1. The first kappa shape index (κ1) is 13.0. The molecule has 0 unspecified atom stereocenters. The van der Waals surface area contributed by atoms with Crippen LogP contribution in [0.5, 0.6) is 0 Å². The number of ether oxygens (including phenoxy) is 1. The molecular weight excluding hydrogens is 242 g/mol. The van der Waals surface area contributed by atoms with E-state index in [1.165, 1.54) is 6.07 Å². The number of esters is 1. The average molecular weight is 247 g/mol. The number of nitrogens with zero attached hydrogens (tertiary/aromatic N) is 1. The summed E-state index contributed by atoms with van der Waals surface area (Å²) in [5, 5.41) is 8.58. The molecule has 0 aliphatic heterocycles. The van der Waals surface area contributed by atoms with E-state index in [4.69, 9.17) is 5.26 Å². The number of nitriles is 1. The molecule has 0 heterocycles. The third kappa shape index (κ3) is 2.53. The Hall–Kier alpha value is -2.10. The Morgan fingerprint density at radius 1 is 1.41 bits per heavy atom. The van der Waals surface area contributed by atoms with E-state index in [0.717, 1.165) is 7.11 Å². The topological polar surface area (TPSA) is 50.1 Å². The fraction of sp³-hybridized carbons (Fsp3) is 0.200. The number of rotatable bonds is 1. The van der Waals surface area contributed by atoms with Gasteiger partial charge in [-0.1, -0.05) is 0 Å². The molecule has 0 fully saturated rings. The summed E-state index contributed by atoms with van der Waals surface area (Å²) in [5.41, 5.74) is -2.75. The first-order valence-corrected chi connectivity index (χ1v) is 4.20. The van der Waals surface area contributed by atoms with Crippen molar-refractivity contribution in [2.24, 2.45) is 0 Å². The molecule has 0 atom stereocenters. The summed E-state index contributed by atoms with van der Waals surface area (Å²) in [6, 6.07) is 2.04. The summed E-state index contributed by atoms with van der Waals surface area (Å²) in [5.74, 6) is -2.74. The molecule has 17 heavy (non-hydrogen) atoms. The molecule has 1 rings (SSSR count). The van der Waals surface area contributed by atoms with Crippen LogP contribution >= 0.6 is 0 Å². The van der Waals surface area contributed by atoms with Crippen molar-refractivity contribution in [1.29, 1.82) is 5.26 Å². The lowest BCUT2D eigenvalue weighted by molar-refractivity contribution is -0.140. The number of halogens is 4. The molecule has 90 valence electrons. The zero-order valence-corrected chi connectivity index (χ0v) is 8.43. The summed E-state index contributed by atoms with van der Waals surface area (Å²) < 4.78 is 54.3. The monoisotopic (exact) mass is 247 g/mol. The van der Waals surface area contributed by atoms with Crippen LogP contribution in [-0.4, -0.2) is 13.1 Å². The highest BCUT2D eigenvalue weighted by atomic mass is 19.4. The van der Waals surface area contributed by atoms with Gasteiger partial charge in [-0.15, -0.1) is 0 Å². The number of hydrogen-bond donors (Lipinski definition) is 0. The van der Waals surface area contributed by atoms with Crippen LogP contribution < -0.4 is 0 Å². The Bertz CT molecular complexity index is 502. The third-order valence-electron chi connectivity index (χ3n) is 1.94. The smallest absolute Gasteiger partial charge is 0.419 e. The Balaban J connectivity index is 3.50. The van der Waals surface area contributed by atoms with E-state index < -0.39 is 34.7 Å². The maximum absolute atomic E-state index is 13.1. The molecule has 0 N–H and O–H groups in total. The second kappa shape index (κ2) is 4.41. The number of benzene rings is 1. The van der Waals surface area contributed by atoms with Crippen LogP contribution in [0.1, 0.15) is 21.5 Å². The van der Waals surface area contributed by atoms with Crippen LogP contribution in [0.3, 0.4) is 0 Å². The Kier molecular flexibility index (Phi) is 3.36. The molecule has 7 heteroatoms. The molecule has 1 aromatic rings. The summed E-state index contributed by atoms with van der Waals surface area (Å²) in [6.45, 7) is 0. The fourth-order valence-corrected chi connectivity index (χ4v) is 1.16. The Morgan fingerprint density at radius 3 is 2.41 bits per heavy atom. The van der Waals surface area contributed by atoms with Crippen molar-refractivity contribution in [3.8, 4) is 6.07 Å². The van der Waals surface area contributed by atoms with Crippen LogP contribution in [0, 0.1) is 17.1 Å². The standard InChI is InChI=1S/C10H5F4NO2/c1-17-9(16)6-3-7(10(12,13)14)8(11)2-5(6)4-15/h2-3H,1H3. The van der Waals surface area contributed by atoms with E-state index in [9.17, 15) is 22.4 Å². The molecule has 0 aliphatic carbocycles. The van der Waals surface area contributed by atoms with E-state index in [1.54, 1.807) is 0 Å². The lowest BCUT2D eigenvalue weighted by atomic mass is 10.0. The summed E-state index contributed by atoms with van der Waals surface area (Å²) in [7, 11) is 0.945. The first-order chi connectivity index (χ1) is 7.81. The van der Waals surface area contributed by atoms with E-state index >= 15 is 0 Å². The Labute approximate surface area is 93.2 Å². The van der Waals surface area contributed by atoms with Gasteiger partial charge in [-0.3, -0.25) is 0 Å². The Morgan fingerprint density at radius 2 is 2.00 bits per heavy atom. The van der Waals surface area contributed by atoms with Crippen molar-refractivity contribution in [2.75, 3.05) is 7.11 Å². The molecule has 0 radical (unpaired) electrons. The van der Waals surface area contributed by atoms with Crippen molar-refractivity contribution in [3.05, 3.63) is 34.6 Å². The highest BCUT2D eigenvalue weighted by molar-refractivity contribution is 5.92. The van der Waals surface area contributed by atoms with Gasteiger partial charge >= 0.3 is 12.1 Å². The van der Waals surface area contributed by atoms with Crippen molar-refractivity contribution >= 4 is 5.97 Å². The highest BCUT2D eigenvalue weighted by Gasteiger charge is 2.35. The molecule has 1 aromatic carbocycles. The normalized spacial score (nSPS) is 10.8. The number of carbonyl (C=O) groups excluding carboxylic acids is 1. The van der Waals surface area contributed by atoms with E-state index in [2.05, 4.69) is 4.74 Å². The second-order valence-electron chi connectivity index (χ2n) is 2.98. The van der Waals surface area contributed by atoms with Gasteiger partial charge in [-0.05, 0) is 12.1 Å².